The van der Waals surface area contributed by atoms with E-state index >= 15 is 0 Å². The van der Waals surface area contributed by atoms with Crippen molar-refractivity contribution < 1.29 is 9.59 Å². The molecule has 0 spiro atoms. The standard InChI is InChI=1S/C13H16ClN3O2S/c14-11-2-1-9(20)7-10(11)13(19)16-8-12(18)17-5-3-15-4-6-17/h1-2,7,15,20H,3-6,8H2,(H,16,19). The number of halogens is 1. The fourth-order valence-corrected chi connectivity index (χ4v) is 2.37. The lowest BCUT2D eigenvalue weighted by molar-refractivity contribution is -0.130. The van der Waals surface area contributed by atoms with Gasteiger partial charge < -0.3 is 15.5 Å². The summed E-state index contributed by atoms with van der Waals surface area (Å²) in [5.41, 5.74) is 0.326. The molecule has 1 saturated heterocycles. The number of rotatable bonds is 3. The molecule has 1 aromatic rings. The summed E-state index contributed by atoms with van der Waals surface area (Å²) in [4.78, 5) is 26.3. The molecule has 20 heavy (non-hydrogen) atoms. The van der Waals surface area contributed by atoms with E-state index in [9.17, 15) is 9.59 Å². The molecule has 0 atom stereocenters. The molecule has 1 aliphatic rings. The number of amides is 2. The van der Waals surface area contributed by atoms with Crippen molar-refractivity contribution >= 4 is 36.0 Å². The molecule has 0 bridgehead atoms. The van der Waals surface area contributed by atoms with Crippen molar-refractivity contribution in [3.8, 4) is 0 Å². The van der Waals surface area contributed by atoms with E-state index in [1.54, 1.807) is 23.1 Å². The number of hydrogen-bond acceptors (Lipinski definition) is 4. The normalized spacial score (nSPS) is 15.0. The molecule has 0 saturated carbocycles. The number of nitrogens with one attached hydrogen (secondary N) is 2. The molecular weight excluding hydrogens is 298 g/mol. The van der Waals surface area contributed by atoms with Gasteiger partial charge in [-0.15, -0.1) is 12.6 Å². The second-order valence-electron chi connectivity index (χ2n) is 4.48. The quantitative estimate of drug-likeness (QED) is 0.723. The first-order valence-corrected chi connectivity index (χ1v) is 7.15. The van der Waals surface area contributed by atoms with Gasteiger partial charge in [0, 0.05) is 31.1 Å². The maximum Gasteiger partial charge on any atom is 0.253 e. The number of hydrogen-bond donors (Lipinski definition) is 3. The highest BCUT2D eigenvalue weighted by atomic mass is 35.5. The highest BCUT2D eigenvalue weighted by Gasteiger charge is 2.17. The third kappa shape index (κ3) is 3.88. The van der Waals surface area contributed by atoms with Crippen LogP contribution in [0.15, 0.2) is 23.1 Å². The molecule has 1 aromatic carbocycles. The van der Waals surface area contributed by atoms with Gasteiger partial charge in [0.05, 0.1) is 17.1 Å². The highest BCUT2D eigenvalue weighted by Crippen LogP contribution is 2.19. The molecule has 0 aromatic heterocycles. The van der Waals surface area contributed by atoms with Crippen molar-refractivity contribution in [1.29, 1.82) is 0 Å². The lowest BCUT2D eigenvalue weighted by atomic mass is 10.2. The number of carbonyl (C=O) groups excluding carboxylic acids is 2. The third-order valence-electron chi connectivity index (χ3n) is 3.06. The first-order chi connectivity index (χ1) is 9.58. The maximum absolute atomic E-state index is 12.0. The van der Waals surface area contributed by atoms with E-state index < -0.39 is 0 Å². The molecule has 1 aliphatic heterocycles. The van der Waals surface area contributed by atoms with Crippen molar-refractivity contribution in [3.05, 3.63) is 28.8 Å². The molecule has 2 amide bonds. The number of piperazine rings is 1. The fraction of sp³-hybridized carbons (Fsp3) is 0.385. The Morgan fingerprint density at radius 2 is 2.05 bits per heavy atom. The van der Waals surface area contributed by atoms with E-state index in [0.29, 0.717) is 28.6 Å². The van der Waals surface area contributed by atoms with Crippen LogP contribution in [-0.2, 0) is 4.79 Å². The summed E-state index contributed by atoms with van der Waals surface area (Å²) in [6.07, 6.45) is 0. The predicted molar refractivity (Wildman–Crippen MR) is 80.5 cm³/mol. The monoisotopic (exact) mass is 313 g/mol. The predicted octanol–water partition coefficient (Wildman–Crippen LogP) is 0.790. The van der Waals surface area contributed by atoms with Gasteiger partial charge in [0.2, 0.25) is 5.91 Å². The van der Waals surface area contributed by atoms with Crippen molar-refractivity contribution in [3.63, 3.8) is 0 Å². The van der Waals surface area contributed by atoms with Gasteiger partial charge in [-0.3, -0.25) is 9.59 Å². The number of nitrogens with zero attached hydrogens (tertiary/aromatic N) is 1. The Bertz CT molecular complexity index is 518. The smallest absolute Gasteiger partial charge is 0.253 e. The van der Waals surface area contributed by atoms with Crippen LogP contribution < -0.4 is 10.6 Å². The zero-order valence-corrected chi connectivity index (χ0v) is 12.5. The minimum Gasteiger partial charge on any atom is -0.343 e. The largest absolute Gasteiger partial charge is 0.343 e. The van der Waals surface area contributed by atoms with Gasteiger partial charge in [0.15, 0.2) is 0 Å². The van der Waals surface area contributed by atoms with Crippen LogP contribution >= 0.6 is 24.2 Å². The minimum absolute atomic E-state index is 0.0219. The van der Waals surface area contributed by atoms with E-state index in [1.807, 2.05) is 0 Å². The van der Waals surface area contributed by atoms with Crippen LogP contribution in [0.2, 0.25) is 5.02 Å². The van der Waals surface area contributed by atoms with Crippen LogP contribution in [0.3, 0.4) is 0 Å². The Kier molecular flexibility index (Phi) is 5.28. The summed E-state index contributed by atoms with van der Waals surface area (Å²) in [5, 5.41) is 6.10. The summed E-state index contributed by atoms with van der Waals surface area (Å²) in [6.45, 7) is 2.88. The van der Waals surface area contributed by atoms with Gasteiger partial charge in [-0.05, 0) is 18.2 Å². The Morgan fingerprint density at radius 3 is 2.75 bits per heavy atom. The number of benzene rings is 1. The third-order valence-corrected chi connectivity index (χ3v) is 3.67. The van der Waals surface area contributed by atoms with E-state index in [-0.39, 0.29) is 18.4 Å². The fourth-order valence-electron chi connectivity index (χ4n) is 1.96. The van der Waals surface area contributed by atoms with Gasteiger partial charge in [-0.25, -0.2) is 0 Å². The van der Waals surface area contributed by atoms with Crippen LogP contribution in [-0.4, -0.2) is 49.4 Å². The van der Waals surface area contributed by atoms with Crippen LogP contribution in [0, 0.1) is 0 Å². The molecule has 0 unspecified atom stereocenters. The molecule has 5 nitrogen and oxygen atoms in total. The summed E-state index contributed by atoms with van der Waals surface area (Å²) in [7, 11) is 0. The number of carbonyl (C=O) groups is 2. The van der Waals surface area contributed by atoms with Crippen LogP contribution in [0.5, 0.6) is 0 Å². The highest BCUT2D eigenvalue weighted by molar-refractivity contribution is 7.80. The Labute approximate surface area is 128 Å². The molecule has 0 radical (unpaired) electrons. The molecule has 108 valence electrons. The van der Waals surface area contributed by atoms with E-state index in [0.717, 1.165) is 13.1 Å². The second-order valence-corrected chi connectivity index (χ2v) is 5.40. The molecule has 1 heterocycles. The average Bonchev–Trinajstić information content (AvgIpc) is 2.47. The van der Waals surface area contributed by atoms with Crippen molar-refractivity contribution in [2.24, 2.45) is 0 Å². The van der Waals surface area contributed by atoms with Gasteiger partial charge in [0.1, 0.15) is 0 Å². The zero-order chi connectivity index (χ0) is 14.5. The number of thiol groups is 1. The van der Waals surface area contributed by atoms with Gasteiger partial charge >= 0.3 is 0 Å². The van der Waals surface area contributed by atoms with Crippen molar-refractivity contribution in [2.75, 3.05) is 32.7 Å². The summed E-state index contributed by atoms with van der Waals surface area (Å²) >= 11 is 10.1. The van der Waals surface area contributed by atoms with Crippen molar-refractivity contribution in [1.82, 2.24) is 15.5 Å². The molecule has 2 rings (SSSR count). The van der Waals surface area contributed by atoms with Crippen molar-refractivity contribution in [2.45, 2.75) is 4.90 Å². The molecule has 7 heteroatoms. The van der Waals surface area contributed by atoms with Crippen LogP contribution in [0.1, 0.15) is 10.4 Å². The van der Waals surface area contributed by atoms with E-state index in [1.165, 1.54) is 0 Å². The molecule has 1 fully saturated rings. The SMILES string of the molecule is O=C(NCC(=O)N1CCNCC1)c1cc(S)ccc1Cl. The van der Waals surface area contributed by atoms with Crippen LogP contribution in [0.4, 0.5) is 0 Å². The minimum atomic E-state index is -0.366. The summed E-state index contributed by atoms with van der Waals surface area (Å²) < 4.78 is 0. The Balaban J connectivity index is 1.91. The Morgan fingerprint density at radius 1 is 1.35 bits per heavy atom. The topological polar surface area (TPSA) is 61.4 Å². The molecule has 0 aliphatic carbocycles. The zero-order valence-electron chi connectivity index (χ0n) is 10.9. The first-order valence-electron chi connectivity index (χ1n) is 6.33. The van der Waals surface area contributed by atoms with Gasteiger partial charge in [-0.2, -0.15) is 0 Å². The molecule has 2 N–H and O–H groups in total. The summed E-state index contributed by atoms with van der Waals surface area (Å²) in [6, 6.07) is 4.89. The van der Waals surface area contributed by atoms with Crippen LogP contribution in [0.25, 0.3) is 0 Å². The van der Waals surface area contributed by atoms with E-state index in [4.69, 9.17) is 11.6 Å². The molecular formula is C13H16ClN3O2S. The summed E-state index contributed by atoms with van der Waals surface area (Å²) in [5.74, 6) is -0.451. The lowest BCUT2D eigenvalue weighted by Gasteiger charge is -2.27. The first kappa shape index (κ1) is 15.2. The lowest BCUT2D eigenvalue weighted by Crippen LogP contribution is -2.49. The van der Waals surface area contributed by atoms with Gasteiger partial charge in [0.25, 0.3) is 5.91 Å². The maximum atomic E-state index is 12.0. The Hall–Kier alpha value is -1.24. The average molecular weight is 314 g/mol. The van der Waals surface area contributed by atoms with Gasteiger partial charge in [-0.1, -0.05) is 11.6 Å². The van der Waals surface area contributed by atoms with E-state index in [2.05, 4.69) is 23.3 Å². The second kappa shape index (κ2) is 6.97.